The molecule has 0 bridgehead atoms. The van der Waals surface area contributed by atoms with Gasteiger partial charge in [-0.25, -0.2) is 13.6 Å². The van der Waals surface area contributed by atoms with Gasteiger partial charge in [-0.05, 0) is 30.2 Å². The molecule has 0 saturated heterocycles. The van der Waals surface area contributed by atoms with Crippen molar-refractivity contribution in [2.75, 3.05) is 13.2 Å². The summed E-state index contributed by atoms with van der Waals surface area (Å²) in [6.45, 7) is 4.13. The Bertz CT molecular complexity index is 542. The summed E-state index contributed by atoms with van der Waals surface area (Å²) in [4.78, 5) is 0.977. The second-order valence-corrected chi connectivity index (χ2v) is 8.13. The minimum absolute atomic E-state index is 0.224. The number of primary sulfonamides is 1. The Kier molecular flexibility index (Phi) is 6.19. The highest BCUT2D eigenvalue weighted by atomic mass is 32.2. The van der Waals surface area contributed by atoms with Crippen LogP contribution in [0.5, 0.6) is 0 Å². The lowest BCUT2D eigenvalue weighted by Crippen LogP contribution is -2.29. The summed E-state index contributed by atoms with van der Waals surface area (Å²) in [6, 6.07) is 1.55. The maximum atomic E-state index is 11.4. The van der Waals surface area contributed by atoms with Crippen LogP contribution in [-0.4, -0.2) is 27.7 Å². The normalized spacial score (nSPS) is 23.3. The minimum Gasteiger partial charge on any atom is -0.377 e. The molecule has 120 valence electrons. The van der Waals surface area contributed by atoms with Crippen molar-refractivity contribution in [3.8, 4) is 0 Å². The average Bonchev–Trinajstić information content (AvgIpc) is 2.89. The molecular formula is C14H24N2O3S2. The lowest BCUT2D eigenvalue weighted by Gasteiger charge is -2.28. The summed E-state index contributed by atoms with van der Waals surface area (Å²) in [5.74, 6) is 0.644. The van der Waals surface area contributed by atoms with Crippen molar-refractivity contribution in [3.05, 3.63) is 16.3 Å². The van der Waals surface area contributed by atoms with Crippen molar-refractivity contribution in [1.82, 2.24) is 5.32 Å². The van der Waals surface area contributed by atoms with Crippen LogP contribution in [-0.2, 0) is 21.3 Å². The van der Waals surface area contributed by atoms with Crippen LogP contribution in [0.2, 0.25) is 0 Å². The van der Waals surface area contributed by atoms with Crippen LogP contribution < -0.4 is 10.5 Å². The van der Waals surface area contributed by atoms with Gasteiger partial charge in [-0.15, -0.1) is 11.3 Å². The number of thiophene rings is 1. The van der Waals surface area contributed by atoms with Crippen LogP contribution in [0, 0.1) is 5.92 Å². The number of rotatable bonds is 7. The van der Waals surface area contributed by atoms with Gasteiger partial charge in [0.05, 0.1) is 17.6 Å². The van der Waals surface area contributed by atoms with Gasteiger partial charge < -0.3 is 10.1 Å². The first-order valence-corrected chi connectivity index (χ1v) is 9.82. The fourth-order valence-corrected chi connectivity index (χ4v) is 4.69. The molecule has 2 atom stereocenters. The first-order valence-electron chi connectivity index (χ1n) is 7.40. The third kappa shape index (κ3) is 5.03. The molecule has 0 aromatic carbocycles. The molecule has 0 radical (unpaired) electrons. The Hall–Kier alpha value is -0.470. The summed E-state index contributed by atoms with van der Waals surface area (Å²) in [5.41, 5.74) is 0. The van der Waals surface area contributed by atoms with Crippen LogP contribution in [0.1, 0.15) is 37.5 Å². The van der Waals surface area contributed by atoms with Crippen LogP contribution in [0.4, 0.5) is 0 Å². The SMILES string of the molecule is CC1CCCCC1OCCNCc1sccc1S(N)(=O)=O. The molecule has 1 saturated carbocycles. The van der Waals surface area contributed by atoms with Crippen molar-refractivity contribution >= 4 is 21.4 Å². The van der Waals surface area contributed by atoms with E-state index in [4.69, 9.17) is 9.88 Å². The largest absolute Gasteiger partial charge is 0.377 e. The van der Waals surface area contributed by atoms with Gasteiger partial charge in [-0.2, -0.15) is 0 Å². The molecule has 2 unspecified atom stereocenters. The summed E-state index contributed by atoms with van der Waals surface area (Å²) in [7, 11) is -3.62. The first-order chi connectivity index (χ1) is 9.98. The van der Waals surface area contributed by atoms with E-state index in [1.54, 1.807) is 11.4 Å². The molecule has 1 heterocycles. The van der Waals surface area contributed by atoms with E-state index in [9.17, 15) is 8.42 Å². The summed E-state index contributed by atoms with van der Waals surface area (Å²) >= 11 is 1.40. The van der Waals surface area contributed by atoms with Gasteiger partial charge in [0.2, 0.25) is 10.0 Å². The first kappa shape index (κ1) is 16.9. The maximum absolute atomic E-state index is 11.4. The zero-order valence-corrected chi connectivity index (χ0v) is 14.0. The van der Waals surface area contributed by atoms with Crippen molar-refractivity contribution in [3.63, 3.8) is 0 Å². The van der Waals surface area contributed by atoms with Crippen LogP contribution in [0.25, 0.3) is 0 Å². The van der Waals surface area contributed by atoms with Gasteiger partial charge in [0, 0.05) is 18.0 Å². The number of ether oxygens (including phenoxy) is 1. The van der Waals surface area contributed by atoms with Gasteiger partial charge >= 0.3 is 0 Å². The van der Waals surface area contributed by atoms with E-state index in [1.807, 2.05) is 0 Å². The zero-order valence-electron chi connectivity index (χ0n) is 12.4. The fourth-order valence-electron chi connectivity index (χ4n) is 2.73. The van der Waals surface area contributed by atoms with Crippen molar-refractivity contribution in [1.29, 1.82) is 0 Å². The highest BCUT2D eigenvalue weighted by Crippen LogP contribution is 2.26. The number of nitrogens with one attached hydrogen (secondary N) is 1. The molecule has 0 spiro atoms. The molecule has 1 aliphatic rings. The molecule has 21 heavy (non-hydrogen) atoms. The summed E-state index contributed by atoms with van der Waals surface area (Å²) < 4.78 is 28.7. The zero-order chi connectivity index (χ0) is 15.3. The Morgan fingerprint density at radius 3 is 2.90 bits per heavy atom. The van der Waals surface area contributed by atoms with E-state index >= 15 is 0 Å². The monoisotopic (exact) mass is 332 g/mol. The van der Waals surface area contributed by atoms with Gasteiger partial charge in [0.25, 0.3) is 0 Å². The topological polar surface area (TPSA) is 81.4 Å². The third-order valence-electron chi connectivity index (χ3n) is 3.94. The molecule has 0 amide bonds. The van der Waals surface area contributed by atoms with E-state index in [-0.39, 0.29) is 4.90 Å². The summed E-state index contributed by atoms with van der Waals surface area (Å²) in [6.07, 6.45) is 5.36. The van der Waals surface area contributed by atoms with Crippen LogP contribution in [0.3, 0.4) is 0 Å². The average molecular weight is 332 g/mol. The quantitative estimate of drug-likeness (QED) is 0.749. The Labute approximate surface area is 130 Å². The maximum Gasteiger partial charge on any atom is 0.239 e. The van der Waals surface area contributed by atoms with Crippen molar-refractivity contribution < 1.29 is 13.2 Å². The molecule has 2 rings (SSSR count). The number of hydrogen-bond donors (Lipinski definition) is 2. The van der Waals surface area contributed by atoms with Gasteiger partial charge in [-0.1, -0.05) is 19.8 Å². The number of hydrogen-bond acceptors (Lipinski definition) is 5. The van der Waals surface area contributed by atoms with Crippen molar-refractivity contribution in [2.45, 2.75) is 50.2 Å². The molecule has 0 aliphatic heterocycles. The molecular weight excluding hydrogens is 308 g/mol. The number of sulfonamides is 1. The van der Waals surface area contributed by atoms with Crippen LogP contribution in [0.15, 0.2) is 16.3 Å². The highest BCUT2D eigenvalue weighted by Gasteiger charge is 2.21. The minimum atomic E-state index is -3.62. The lowest BCUT2D eigenvalue weighted by atomic mass is 9.88. The molecule has 1 aromatic rings. The predicted octanol–water partition coefficient (Wildman–Crippen LogP) is 2.08. The van der Waals surface area contributed by atoms with E-state index in [1.165, 1.54) is 30.6 Å². The molecule has 3 N–H and O–H groups in total. The molecule has 1 fully saturated rings. The van der Waals surface area contributed by atoms with E-state index in [0.717, 1.165) is 11.3 Å². The fraction of sp³-hybridized carbons (Fsp3) is 0.714. The van der Waals surface area contributed by atoms with E-state index in [2.05, 4.69) is 12.2 Å². The third-order valence-corrected chi connectivity index (χ3v) is 5.99. The van der Waals surface area contributed by atoms with E-state index in [0.29, 0.717) is 31.7 Å². The Morgan fingerprint density at radius 1 is 1.43 bits per heavy atom. The van der Waals surface area contributed by atoms with Gasteiger partial charge in [0.15, 0.2) is 0 Å². The van der Waals surface area contributed by atoms with Gasteiger partial charge in [-0.3, -0.25) is 0 Å². The Morgan fingerprint density at radius 2 is 2.19 bits per heavy atom. The molecule has 1 aliphatic carbocycles. The standard InChI is InChI=1S/C14H24N2O3S2/c1-11-4-2-3-5-12(11)19-8-7-16-10-13-14(6-9-20-13)21(15,17)18/h6,9,11-12,16H,2-5,7-8,10H2,1H3,(H2,15,17,18). The van der Waals surface area contributed by atoms with Crippen molar-refractivity contribution in [2.24, 2.45) is 11.1 Å². The Balaban J connectivity index is 1.69. The smallest absolute Gasteiger partial charge is 0.239 e. The number of nitrogens with two attached hydrogens (primary N) is 1. The van der Waals surface area contributed by atoms with Gasteiger partial charge in [0.1, 0.15) is 0 Å². The highest BCUT2D eigenvalue weighted by molar-refractivity contribution is 7.89. The lowest BCUT2D eigenvalue weighted by molar-refractivity contribution is -0.00321. The van der Waals surface area contributed by atoms with E-state index < -0.39 is 10.0 Å². The second-order valence-electron chi connectivity index (χ2n) is 5.60. The summed E-state index contributed by atoms with van der Waals surface area (Å²) in [5, 5.41) is 10.1. The molecule has 1 aromatic heterocycles. The molecule has 7 heteroatoms. The van der Waals surface area contributed by atoms with Crippen LogP contribution >= 0.6 is 11.3 Å². The molecule has 5 nitrogen and oxygen atoms in total. The predicted molar refractivity (Wildman–Crippen MR) is 84.8 cm³/mol. The second kappa shape index (κ2) is 7.69.